The SMILES string of the molecule is CNC(=O)C1CN(c2nc3c(OC)ccc(OC)c3s2)CCO1. The van der Waals surface area contributed by atoms with Crippen LogP contribution in [0.2, 0.25) is 0 Å². The summed E-state index contributed by atoms with van der Waals surface area (Å²) in [5, 5.41) is 3.46. The number of ether oxygens (including phenoxy) is 3. The quantitative estimate of drug-likeness (QED) is 0.906. The number of benzene rings is 1. The normalized spacial score (nSPS) is 18.0. The lowest BCUT2D eigenvalue weighted by Crippen LogP contribution is -2.49. The maximum atomic E-state index is 11.8. The highest BCUT2D eigenvalue weighted by molar-refractivity contribution is 7.22. The van der Waals surface area contributed by atoms with E-state index >= 15 is 0 Å². The summed E-state index contributed by atoms with van der Waals surface area (Å²) in [4.78, 5) is 18.5. The zero-order valence-corrected chi connectivity index (χ0v) is 14.1. The van der Waals surface area contributed by atoms with Crippen LogP contribution in [0.15, 0.2) is 12.1 Å². The summed E-state index contributed by atoms with van der Waals surface area (Å²) in [5.74, 6) is 1.35. The van der Waals surface area contributed by atoms with Gasteiger partial charge in [-0.15, -0.1) is 0 Å². The van der Waals surface area contributed by atoms with E-state index in [1.807, 2.05) is 12.1 Å². The number of carbonyl (C=O) groups excluding carboxylic acids is 1. The molecule has 1 N–H and O–H groups in total. The molecule has 3 rings (SSSR count). The molecule has 1 aliphatic rings. The predicted molar refractivity (Wildman–Crippen MR) is 88.7 cm³/mol. The highest BCUT2D eigenvalue weighted by Gasteiger charge is 2.28. The summed E-state index contributed by atoms with van der Waals surface area (Å²) in [5.41, 5.74) is 0.773. The van der Waals surface area contributed by atoms with Crippen molar-refractivity contribution < 1.29 is 19.0 Å². The Balaban J connectivity index is 1.95. The van der Waals surface area contributed by atoms with Crippen molar-refractivity contribution in [2.24, 2.45) is 0 Å². The van der Waals surface area contributed by atoms with Crippen LogP contribution in [-0.4, -0.2) is 58.0 Å². The van der Waals surface area contributed by atoms with E-state index in [1.54, 1.807) is 21.3 Å². The molecule has 2 aromatic rings. The van der Waals surface area contributed by atoms with Crippen LogP contribution >= 0.6 is 11.3 Å². The third-order valence-electron chi connectivity index (χ3n) is 3.77. The van der Waals surface area contributed by atoms with Gasteiger partial charge in [-0.25, -0.2) is 4.98 Å². The second-order valence-electron chi connectivity index (χ2n) is 5.06. The predicted octanol–water partition coefficient (Wildman–Crippen LogP) is 1.26. The summed E-state index contributed by atoms with van der Waals surface area (Å²) in [6, 6.07) is 3.72. The Hall–Kier alpha value is -2.06. The van der Waals surface area contributed by atoms with E-state index in [0.717, 1.165) is 21.1 Å². The highest BCUT2D eigenvalue weighted by atomic mass is 32.1. The van der Waals surface area contributed by atoms with Crippen molar-refractivity contribution in [3.8, 4) is 11.5 Å². The van der Waals surface area contributed by atoms with Crippen molar-refractivity contribution in [3.63, 3.8) is 0 Å². The third kappa shape index (κ3) is 2.91. The van der Waals surface area contributed by atoms with E-state index in [-0.39, 0.29) is 5.91 Å². The van der Waals surface area contributed by atoms with Gasteiger partial charge in [-0.2, -0.15) is 0 Å². The van der Waals surface area contributed by atoms with Gasteiger partial charge in [-0.3, -0.25) is 4.79 Å². The minimum atomic E-state index is -0.482. The minimum Gasteiger partial charge on any atom is -0.495 e. The molecule has 0 spiro atoms. The van der Waals surface area contributed by atoms with Crippen molar-refractivity contribution in [1.82, 2.24) is 10.3 Å². The Bertz CT molecular complexity index is 677. The molecule has 1 amide bonds. The fraction of sp³-hybridized carbons (Fsp3) is 0.467. The van der Waals surface area contributed by atoms with E-state index < -0.39 is 6.10 Å². The molecule has 1 aromatic carbocycles. The molecule has 2 heterocycles. The first-order valence-corrected chi connectivity index (χ1v) is 8.09. The van der Waals surface area contributed by atoms with Crippen LogP contribution in [0.3, 0.4) is 0 Å². The van der Waals surface area contributed by atoms with Crippen LogP contribution in [0.1, 0.15) is 0 Å². The van der Waals surface area contributed by atoms with Gasteiger partial charge in [0.15, 0.2) is 11.2 Å². The number of methoxy groups -OCH3 is 2. The molecule has 1 unspecified atom stereocenters. The van der Waals surface area contributed by atoms with Crippen molar-refractivity contribution in [3.05, 3.63) is 12.1 Å². The Morgan fingerprint density at radius 1 is 1.39 bits per heavy atom. The second-order valence-corrected chi connectivity index (χ2v) is 6.04. The standard InChI is InChI=1S/C15H19N3O4S/c1-16-14(19)11-8-18(6-7-22-11)15-17-12-9(20-2)4-5-10(21-3)13(12)23-15/h4-5,11H,6-8H2,1-3H3,(H,16,19). The summed E-state index contributed by atoms with van der Waals surface area (Å²) in [6.45, 7) is 1.66. The number of thiazole rings is 1. The smallest absolute Gasteiger partial charge is 0.250 e. The topological polar surface area (TPSA) is 72.9 Å². The largest absolute Gasteiger partial charge is 0.495 e. The average Bonchev–Trinajstić information content (AvgIpc) is 3.05. The van der Waals surface area contributed by atoms with Gasteiger partial charge in [0.1, 0.15) is 21.7 Å². The van der Waals surface area contributed by atoms with Crippen LogP contribution in [0.5, 0.6) is 11.5 Å². The van der Waals surface area contributed by atoms with Crippen LogP contribution in [0.4, 0.5) is 5.13 Å². The first kappa shape index (κ1) is 15.8. The number of morpholine rings is 1. The van der Waals surface area contributed by atoms with Crippen LogP contribution in [0.25, 0.3) is 10.2 Å². The van der Waals surface area contributed by atoms with Gasteiger partial charge in [0, 0.05) is 13.6 Å². The zero-order chi connectivity index (χ0) is 16.4. The fourth-order valence-electron chi connectivity index (χ4n) is 2.55. The van der Waals surface area contributed by atoms with E-state index in [9.17, 15) is 4.79 Å². The lowest BCUT2D eigenvalue weighted by Gasteiger charge is -2.31. The number of fused-ring (bicyclic) bond motifs is 1. The summed E-state index contributed by atoms with van der Waals surface area (Å²) in [7, 11) is 4.87. The van der Waals surface area contributed by atoms with Gasteiger partial charge in [0.25, 0.3) is 5.91 Å². The summed E-state index contributed by atoms with van der Waals surface area (Å²) < 4.78 is 17.3. The monoisotopic (exact) mass is 337 g/mol. The molecule has 1 fully saturated rings. The minimum absolute atomic E-state index is 0.119. The molecule has 23 heavy (non-hydrogen) atoms. The number of aromatic nitrogens is 1. The fourth-order valence-corrected chi connectivity index (χ4v) is 3.66. The summed E-state index contributed by atoms with van der Waals surface area (Å²) in [6.07, 6.45) is -0.482. The van der Waals surface area contributed by atoms with E-state index in [1.165, 1.54) is 11.3 Å². The Morgan fingerprint density at radius 3 is 2.83 bits per heavy atom. The van der Waals surface area contributed by atoms with Gasteiger partial charge < -0.3 is 24.4 Å². The maximum absolute atomic E-state index is 11.8. The van der Waals surface area contributed by atoms with E-state index in [0.29, 0.717) is 25.4 Å². The van der Waals surface area contributed by atoms with E-state index in [4.69, 9.17) is 14.2 Å². The number of hydrogen-bond acceptors (Lipinski definition) is 7. The molecule has 7 nitrogen and oxygen atoms in total. The first-order valence-electron chi connectivity index (χ1n) is 7.27. The van der Waals surface area contributed by atoms with Crippen LogP contribution in [0, 0.1) is 0 Å². The van der Waals surface area contributed by atoms with Crippen molar-refractivity contribution in [2.75, 3.05) is 45.9 Å². The maximum Gasteiger partial charge on any atom is 0.250 e. The number of anilines is 1. The number of hydrogen-bond donors (Lipinski definition) is 1. The number of amides is 1. The zero-order valence-electron chi connectivity index (χ0n) is 13.3. The van der Waals surface area contributed by atoms with Gasteiger partial charge in [0.05, 0.1) is 27.4 Å². The molecule has 1 atom stereocenters. The second kappa shape index (κ2) is 6.59. The summed E-state index contributed by atoms with van der Waals surface area (Å²) >= 11 is 1.53. The number of nitrogens with one attached hydrogen (secondary N) is 1. The van der Waals surface area contributed by atoms with Gasteiger partial charge in [-0.05, 0) is 12.1 Å². The number of nitrogens with zero attached hydrogens (tertiary/aromatic N) is 2. The van der Waals surface area contributed by atoms with Gasteiger partial charge in [-0.1, -0.05) is 11.3 Å². The molecule has 0 bridgehead atoms. The molecule has 0 aliphatic carbocycles. The highest BCUT2D eigenvalue weighted by Crippen LogP contribution is 2.40. The number of carbonyl (C=O) groups is 1. The Labute approximate surface area is 138 Å². The molecule has 124 valence electrons. The molecule has 0 radical (unpaired) electrons. The molecular weight excluding hydrogens is 318 g/mol. The van der Waals surface area contributed by atoms with Crippen LogP contribution < -0.4 is 19.7 Å². The Kier molecular flexibility index (Phi) is 4.53. The third-order valence-corrected chi connectivity index (χ3v) is 4.91. The van der Waals surface area contributed by atoms with E-state index in [2.05, 4.69) is 15.2 Å². The first-order chi connectivity index (χ1) is 11.2. The molecule has 1 saturated heterocycles. The average molecular weight is 337 g/mol. The Morgan fingerprint density at radius 2 is 2.13 bits per heavy atom. The van der Waals surface area contributed by atoms with Crippen molar-refractivity contribution >= 4 is 32.6 Å². The molecule has 0 saturated carbocycles. The lowest BCUT2D eigenvalue weighted by atomic mass is 10.2. The number of rotatable bonds is 4. The molecule has 1 aliphatic heterocycles. The van der Waals surface area contributed by atoms with Gasteiger partial charge in [0.2, 0.25) is 0 Å². The van der Waals surface area contributed by atoms with Crippen molar-refractivity contribution in [2.45, 2.75) is 6.10 Å². The van der Waals surface area contributed by atoms with Crippen LogP contribution in [-0.2, 0) is 9.53 Å². The lowest BCUT2D eigenvalue weighted by molar-refractivity contribution is -0.132. The molecule has 1 aromatic heterocycles. The van der Waals surface area contributed by atoms with Crippen molar-refractivity contribution in [1.29, 1.82) is 0 Å². The molecule has 8 heteroatoms. The molecular formula is C15H19N3O4S. The van der Waals surface area contributed by atoms with Gasteiger partial charge >= 0.3 is 0 Å². The number of likely N-dealkylation sites (N-methyl/N-ethyl adjacent to an activating group) is 1.